The first-order valence-electron chi connectivity index (χ1n) is 10.6. The number of thiophene rings is 1. The summed E-state index contributed by atoms with van der Waals surface area (Å²) in [5.41, 5.74) is 2.03. The van der Waals surface area contributed by atoms with Crippen molar-refractivity contribution in [2.45, 2.75) is 43.8 Å². The summed E-state index contributed by atoms with van der Waals surface area (Å²) in [7, 11) is 0. The van der Waals surface area contributed by atoms with Gasteiger partial charge in [0.25, 0.3) is 11.8 Å². The van der Waals surface area contributed by atoms with Crippen molar-refractivity contribution in [2.24, 2.45) is 0 Å². The minimum Gasteiger partial charge on any atom is -0.380 e. The van der Waals surface area contributed by atoms with E-state index in [1.807, 2.05) is 41.8 Å². The van der Waals surface area contributed by atoms with Gasteiger partial charge in [0.05, 0.1) is 11.2 Å². The Morgan fingerprint density at radius 2 is 1.97 bits per heavy atom. The van der Waals surface area contributed by atoms with E-state index >= 15 is 0 Å². The second-order valence-corrected chi connectivity index (χ2v) is 9.16. The molecule has 0 atom stereocenters. The summed E-state index contributed by atoms with van der Waals surface area (Å²) in [5, 5.41) is 14.5. The molecule has 3 aromatic rings. The van der Waals surface area contributed by atoms with Crippen LogP contribution in [0.25, 0.3) is 10.9 Å². The Morgan fingerprint density at radius 1 is 1.16 bits per heavy atom. The van der Waals surface area contributed by atoms with Gasteiger partial charge in [-0.1, -0.05) is 18.2 Å². The molecule has 2 aliphatic rings. The first kappa shape index (κ1) is 20.4. The largest absolute Gasteiger partial charge is 0.380 e. The lowest BCUT2D eigenvalue weighted by atomic mass is 9.79. The zero-order chi connectivity index (χ0) is 22.1. The Morgan fingerprint density at radius 3 is 2.75 bits per heavy atom. The van der Waals surface area contributed by atoms with Crippen LogP contribution in [0, 0.1) is 0 Å². The Labute approximate surface area is 188 Å². The average Bonchev–Trinajstić information content (AvgIpc) is 3.38. The number of rotatable bonds is 5. The number of carbonyl (C=O) groups excluding carboxylic acids is 3. The van der Waals surface area contributed by atoms with E-state index < -0.39 is 11.6 Å². The topological polar surface area (TPSA) is 112 Å². The molecule has 1 aliphatic carbocycles. The lowest BCUT2D eigenvalue weighted by Gasteiger charge is -2.34. The molecule has 0 bridgehead atoms. The normalized spacial score (nSPS) is 22.6. The summed E-state index contributed by atoms with van der Waals surface area (Å²) < 4.78 is 0. The van der Waals surface area contributed by atoms with E-state index in [1.54, 1.807) is 6.20 Å². The number of imide groups is 1. The number of pyridine rings is 1. The minimum absolute atomic E-state index is 0.0301. The molecule has 0 unspecified atom stereocenters. The number of hydrogen-bond acceptors (Lipinski definition) is 6. The SMILES string of the molecule is O=C1NC(=O)[C@]2(CC[C@@H](NC(=O)c3sccc3NCc3ccnc4ccccc34)CC2)N1. The van der Waals surface area contributed by atoms with E-state index in [-0.39, 0.29) is 17.9 Å². The van der Waals surface area contributed by atoms with E-state index in [2.05, 4.69) is 26.3 Å². The van der Waals surface area contributed by atoms with Crippen LogP contribution in [0.1, 0.15) is 40.9 Å². The number of para-hydroxylation sites is 1. The third-order valence-electron chi connectivity index (χ3n) is 6.27. The molecule has 1 saturated carbocycles. The Hall–Kier alpha value is -3.46. The molecule has 164 valence electrons. The van der Waals surface area contributed by atoms with Gasteiger partial charge in [-0.15, -0.1) is 11.3 Å². The number of nitrogens with one attached hydrogen (secondary N) is 4. The van der Waals surface area contributed by atoms with Crippen molar-refractivity contribution in [1.29, 1.82) is 0 Å². The second-order valence-electron chi connectivity index (χ2n) is 8.24. The average molecular weight is 450 g/mol. The molecule has 1 spiro atoms. The molecule has 8 nitrogen and oxygen atoms in total. The Bertz CT molecular complexity index is 1190. The molecule has 3 heterocycles. The second kappa shape index (κ2) is 8.23. The number of aromatic nitrogens is 1. The number of benzene rings is 1. The summed E-state index contributed by atoms with van der Waals surface area (Å²) in [6.45, 7) is 0.584. The van der Waals surface area contributed by atoms with E-state index in [1.165, 1.54) is 11.3 Å². The highest BCUT2D eigenvalue weighted by molar-refractivity contribution is 7.12. The maximum absolute atomic E-state index is 12.9. The number of carbonyl (C=O) groups is 3. The third kappa shape index (κ3) is 3.80. The number of amides is 4. The molecule has 1 aromatic carbocycles. The molecular weight excluding hydrogens is 426 g/mol. The summed E-state index contributed by atoms with van der Waals surface area (Å²) in [6.07, 6.45) is 4.09. The van der Waals surface area contributed by atoms with E-state index in [0.29, 0.717) is 37.1 Å². The van der Waals surface area contributed by atoms with Gasteiger partial charge in [-0.05, 0) is 54.8 Å². The number of fused-ring (bicyclic) bond motifs is 1. The van der Waals surface area contributed by atoms with Crippen LogP contribution in [0.15, 0.2) is 48.0 Å². The van der Waals surface area contributed by atoms with Gasteiger partial charge < -0.3 is 16.0 Å². The highest BCUT2D eigenvalue weighted by Crippen LogP contribution is 2.32. The fourth-order valence-electron chi connectivity index (χ4n) is 4.51. The predicted molar refractivity (Wildman–Crippen MR) is 123 cm³/mol. The molecule has 1 aliphatic heterocycles. The van der Waals surface area contributed by atoms with Crippen molar-refractivity contribution in [3.63, 3.8) is 0 Å². The van der Waals surface area contributed by atoms with Crippen LogP contribution >= 0.6 is 11.3 Å². The summed E-state index contributed by atoms with van der Waals surface area (Å²) in [6, 6.07) is 11.4. The van der Waals surface area contributed by atoms with Crippen LogP contribution in [-0.4, -0.2) is 34.4 Å². The van der Waals surface area contributed by atoms with Crippen molar-refractivity contribution < 1.29 is 14.4 Å². The van der Waals surface area contributed by atoms with Crippen molar-refractivity contribution in [3.8, 4) is 0 Å². The van der Waals surface area contributed by atoms with Gasteiger partial charge in [0.15, 0.2) is 0 Å². The number of anilines is 1. The van der Waals surface area contributed by atoms with Gasteiger partial charge in [0.2, 0.25) is 0 Å². The Balaban J connectivity index is 1.22. The van der Waals surface area contributed by atoms with Crippen LogP contribution in [0.5, 0.6) is 0 Å². The van der Waals surface area contributed by atoms with Crippen molar-refractivity contribution in [3.05, 3.63) is 58.4 Å². The van der Waals surface area contributed by atoms with Gasteiger partial charge in [0.1, 0.15) is 10.4 Å². The van der Waals surface area contributed by atoms with Gasteiger partial charge in [-0.25, -0.2) is 4.79 Å². The quantitative estimate of drug-likeness (QED) is 0.447. The first-order chi connectivity index (χ1) is 15.5. The molecule has 9 heteroatoms. The van der Waals surface area contributed by atoms with Crippen LogP contribution in [0.3, 0.4) is 0 Å². The van der Waals surface area contributed by atoms with Crippen LogP contribution in [0.4, 0.5) is 10.5 Å². The fraction of sp³-hybridized carbons (Fsp3) is 0.304. The lowest BCUT2D eigenvalue weighted by molar-refractivity contribution is -0.125. The number of nitrogens with zero attached hydrogens (tertiary/aromatic N) is 1. The predicted octanol–water partition coefficient (Wildman–Crippen LogP) is 3.16. The van der Waals surface area contributed by atoms with Crippen molar-refractivity contribution in [1.82, 2.24) is 20.9 Å². The highest BCUT2D eigenvalue weighted by Gasteiger charge is 2.48. The maximum Gasteiger partial charge on any atom is 0.322 e. The summed E-state index contributed by atoms with van der Waals surface area (Å²) in [5.74, 6) is -0.386. The third-order valence-corrected chi connectivity index (χ3v) is 7.18. The van der Waals surface area contributed by atoms with E-state index in [0.717, 1.165) is 22.2 Å². The molecule has 2 fully saturated rings. The Kier molecular flexibility index (Phi) is 5.26. The van der Waals surface area contributed by atoms with Crippen LogP contribution < -0.4 is 21.3 Å². The van der Waals surface area contributed by atoms with Crippen molar-refractivity contribution >= 4 is 45.8 Å². The van der Waals surface area contributed by atoms with Gasteiger partial charge in [0, 0.05) is 24.2 Å². The smallest absolute Gasteiger partial charge is 0.322 e. The molecular formula is C23H23N5O3S. The zero-order valence-corrected chi connectivity index (χ0v) is 18.1. The van der Waals surface area contributed by atoms with Crippen LogP contribution in [-0.2, 0) is 11.3 Å². The first-order valence-corrected chi connectivity index (χ1v) is 11.5. The van der Waals surface area contributed by atoms with Crippen molar-refractivity contribution in [2.75, 3.05) is 5.32 Å². The molecule has 1 saturated heterocycles. The maximum atomic E-state index is 12.9. The monoisotopic (exact) mass is 449 g/mol. The molecule has 32 heavy (non-hydrogen) atoms. The number of hydrogen-bond donors (Lipinski definition) is 4. The van der Waals surface area contributed by atoms with Gasteiger partial charge in [-0.2, -0.15) is 0 Å². The number of urea groups is 1. The molecule has 2 aromatic heterocycles. The van der Waals surface area contributed by atoms with Gasteiger partial charge in [-0.3, -0.25) is 19.9 Å². The summed E-state index contributed by atoms with van der Waals surface area (Å²) in [4.78, 5) is 41.6. The highest BCUT2D eigenvalue weighted by atomic mass is 32.1. The zero-order valence-electron chi connectivity index (χ0n) is 17.3. The van der Waals surface area contributed by atoms with Gasteiger partial charge >= 0.3 is 6.03 Å². The minimum atomic E-state index is -0.818. The molecule has 4 amide bonds. The van der Waals surface area contributed by atoms with E-state index in [9.17, 15) is 14.4 Å². The molecule has 0 radical (unpaired) electrons. The molecule has 5 rings (SSSR count). The summed E-state index contributed by atoms with van der Waals surface area (Å²) >= 11 is 1.40. The lowest BCUT2D eigenvalue weighted by Crippen LogP contribution is -2.52. The van der Waals surface area contributed by atoms with Crippen LogP contribution in [0.2, 0.25) is 0 Å². The fourth-order valence-corrected chi connectivity index (χ4v) is 5.28. The van der Waals surface area contributed by atoms with E-state index in [4.69, 9.17) is 0 Å². The molecule has 4 N–H and O–H groups in total. The standard InChI is InChI=1S/C23H23N5O3S/c29-20(26-15-5-9-23(10-6-15)21(30)27-22(31)28-23)19-18(8-12-32-19)25-13-14-7-11-24-17-4-2-1-3-16(14)17/h1-4,7-8,11-12,15,25H,5-6,9-10,13H2,(H,26,29)(H2,27,28,30,31)/t15-,23-.